The summed E-state index contributed by atoms with van der Waals surface area (Å²) in [7, 11) is 0. The van der Waals surface area contributed by atoms with E-state index >= 15 is 0 Å². The molecule has 30 heavy (non-hydrogen) atoms. The summed E-state index contributed by atoms with van der Waals surface area (Å²) in [5.74, 6) is -0.491. The number of primary amides is 1. The SMILES string of the molecule is CC(C)(C)OC(=O)N1CCN(c2ccc(Nc3nc(Cl)cnc3C(N)=O)cc2)CC1. The highest BCUT2D eigenvalue weighted by Crippen LogP contribution is 2.24. The fourth-order valence-electron chi connectivity index (χ4n) is 3.00. The number of aromatic nitrogens is 2. The number of amides is 2. The fourth-order valence-corrected chi connectivity index (χ4v) is 3.13. The topological polar surface area (TPSA) is 114 Å². The highest BCUT2D eigenvalue weighted by Gasteiger charge is 2.26. The number of ether oxygens (including phenoxy) is 1. The molecule has 0 spiro atoms. The number of nitrogens with one attached hydrogen (secondary N) is 1. The van der Waals surface area contributed by atoms with Gasteiger partial charge < -0.3 is 25.6 Å². The Kier molecular flexibility index (Phi) is 6.31. The number of nitrogens with zero attached hydrogens (tertiary/aromatic N) is 4. The van der Waals surface area contributed by atoms with Gasteiger partial charge in [0.25, 0.3) is 5.91 Å². The Hall–Kier alpha value is -3.07. The quantitative estimate of drug-likeness (QED) is 0.763. The normalized spacial score (nSPS) is 14.4. The Morgan fingerprint density at radius 2 is 1.77 bits per heavy atom. The molecule has 9 nitrogen and oxygen atoms in total. The zero-order chi connectivity index (χ0) is 21.9. The lowest BCUT2D eigenvalue weighted by atomic mass is 10.2. The van der Waals surface area contributed by atoms with E-state index in [4.69, 9.17) is 22.1 Å². The molecule has 0 aliphatic carbocycles. The standard InChI is InChI=1S/C20H25ClN6O3/c1-20(2,3)30-19(29)27-10-8-26(9-11-27)14-6-4-13(5-7-14)24-18-16(17(22)28)23-12-15(21)25-18/h4-7,12H,8-11H2,1-3H3,(H2,22,28)(H,24,25). The van der Waals surface area contributed by atoms with Crippen molar-refractivity contribution < 1.29 is 14.3 Å². The molecule has 3 N–H and O–H groups in total. The number of rotatable bonds is 4. The average molecular weight is 433 g/mol. The summed E-state index contributed by atoms with van der Waals surface area (Å²) < 4.78 is 5.43. The first-order chi connectivity index (χ1) is 14.1. The van der Waals surface area contributed by atoms with E-state index in [1.54, 1.807) is 4.90 Å². The number of hydrogen-bond donors (Lipinski definition) is 2. The molecule has 1 aliphatic heterocycles. The maximum Gasteiger partial charge on any atom is 0.410 e. The van der Waals surface area contributed by atoms with E-state index in [2.05, 4.69) is 20.2 Å². The average Bonchev–Trinajstić information content (AvgIpc) is 2.67. The smallest absolute Gasteiger partial charge is 0.410 e. The molecule has 1 aromatic carbocycles. The molecule has 1 aliphatic rings. The third kappa shape index (κ3) is 5.50. The second kappa shape index (κ2) is 8.74. The van der Waals surface area contributed by atoms with Crippen LogP contribution in [-0.2, 0) is 4.74 Å². The summed E-state index contributed by atoms with van der Waals surface area (Å²) in [6, 6.07) is 7.63. The van der Waals surface area contributed by atoms with Gasteiger partial charge >= 0.3 is 6.09 Å². The third-order valence-electron chi connectivity index (χ3n) is 4.40. The molecule has 2 heterocycles. The van der Waals surface area contributed by atoms with Crippen LogP contribution in [0.4, 0.5) is 22.0 Å². The van der Waals surface area contributed by atoms with E-state index < -0.39 is 11.5 Å². The van der Waals surface area contributed by atoms with Crippen LogP contribution >= 0.6 is 11.6 Å². The van der Waals surface area contributed by atoms with Crippen LogP contribution in [0.5, 0.6) is 0 Å². The largest absolute Gasteiger partial charge is 0.444 e. The van der Waals surface area contributed by atoms with Crippen molar-refractivity contribution >= 4 is 40.8 Å². The highest BCUT2D eigenvalue weighted by atomic mass is 35.5. The van der Waals surface area contributed by atoms with Crippen LogP contribution in [-0.4, -0.2) is 58.6 Å². The summed E-state index contributed by atoms with van der Waals surface area (Å²) in [5.41, 5.74) is 6.59. The van der Waals surface area contributed by atoms with Crippen molar-refractivity contribution in [3.05, 3.63) is 41.3 Å². The lowest BCUT2D eigenvalue weighted by Gasteiger charge is -2.36. The highest BCUT2D eigenvalue weighted by molar-refractivity contribution is 6.29. The molecule has 0 radical (unpaired) electrons. The fraction of sp³-hybridized carbons (Fsp3) is 0.400. The summed E-state index contributed by atoms with van der Waals surface area (Å²) in [4.78, 5) is 35.7. The maximum atomic E-state index is 12.2. The monoisotopic (exact) mass is 432 g/mol. The molecule has 0 unspecified atom stereocenters. The van der Waals surface area contributed by atoms with Gasteiger partial charge in [0.05, 0.1) is 6.20 Å². The second-order valence-corrected chi connectivity index (χ2v) is 8.27. The molecule has 0 saturated carbocycles. The third-order valence-corrected chi connectivity index (χ3v) is 4.59. The predicted molar refractivity (Wildman–Crippen MR) is 115 cm³/mol. The van der Waals surface area contributed by atoms with Crippen LogP contribution in [0, 0.1) is 0 Å². The van der Waals surface area contributed by atoms with Crippen molar-refractivity contribution in [2.24, 2.45) is 5.73 Å². The predicted octanol–water partition coefficient (Wildman–Crippen LogP) is 3.03. The molecule has 1 fully saturated rings. The minimum absolute atomic E-state index is 0.0155. The Bertz CT molecular complexity index is 921. The van der Waals surface area contributed by atoms with Gasteiger partial charge in [-0.3, -0.25) is 4.79 Å². The van der Waals surface area contributed by atoms with E-state index in [1.165, 1.54) is 6.20 Å². The Morgan fingerprint density at radius 1 is 1.13 bits per heavy atom. The van der Waals surface area contributed by atoms with Gasteiger partial charge in [-0.05, 0) is 45.0 Å². The van der Waals surface area contributed by atoms with Crippen molar-refractivity contribution in [1.82, 2.24) is 14.9 Å². The Balaban J connectivity index is 1.62. The van der Waals surface area contributed by atoms with Crippen LogP contribution in [0.1, 0.15) is 31.3 Å². The number of anilines is 3. The molecular weight excluding hydrogens is 408 g/mol. The van der Waals surface area contributed by atoms with Gasteiger partial charge in [0.15, 0.2) is 11.5 Å². The van der Waals surface area contributed by atoms with Gasteiger partial charge in [-0.1, -0.05) is 11.6 Å². The number of hydrogen-bond acceptors (Lipinski definition) is 7. The van der Waals surface area contributed by atoms with Crippen molar-refractivity contribution in [3.8, 4) is 0 Å². The summed E-state index contributed by atoms with van der Waals surface area (Å²) in [6.07, 6.45) is 0.988. The first-order valence-electron chi connectivity index (χ1n) is 9.55. The van der Waals surface area contributed by atoms with Crippen LogP contribution in [0.2, 0.25) is 5.15 Å². The van der Waals surface area contributed by atoms with Gasteiger partial charge in [0.2, 0.25) is 0 Å². The van der Waals surface area contributed by atoms with E-state index in [0.717, 1.165) is 5.69 Å². The summed E-state index contributed by atoms with van der Waals surface area (Å²) >= 11 is 5.87. The zero-order valence-electron chi connectivity index (χ0n) is 17.2. The van der Waals surface area contributed by atoms with Crippen molar-refractivity contribution in [1.29, 1.82) is 0 Å². The van der Waals surface area contributed by atoms with Gasteiger partial charge in [-0.2, -0.15) is 0 Å². The Labute approximate surface area is 180 Å². The number of carbonyl (C=O) groups is 2. The first-order valence-corrected chi connectivity index (χ1v) is 9.92. The minimum Gasteiger partial charge on any atom is -0.444 e. The Morgan fingerprint density at radius 3 is 2.33 bits per heavy atom. The summed E-state index contributed by atoms with van der Waals surface area (Å²) in [5, 5.41) is 3.18. The number of piperazine rings is 1. The van der Waals surface area contributed by atoms with Crippen molar-refractivity contribution in [3.63, 3.8) is 0 Å². The van der Waals surface area contributed by atoms with Crippen LogP contribution < -0.4 is 16.0 Å². The van der Waals surface area contributed by atoms with Gasteiger partial charge in [0, 0.05) is 37.6 Å². The number of halogens is 1. The van der Waals surface area contributed by atoms with Crippen molar-refractivity contribution in [2.75, 3.05) is 36.4 Å². The van der Waals surface area contributed by atoms with Crippen LogP contribution in [0.25, 0.3) is 0 Å². The number of carbonyl (C=O) groups excluding carboxylic acids is 2. The molecular formula is C20H25ClN6O3. The van der Waals surface area contributed by atoms with E-state index in [-0.39, 0.29) is 22.8 Å². The first kappa shape index (κ1) is 21.6. The lowest BCUT2D eigenvalue weighted by Crippen LogP contribution is -2.50. The van der Waals surface area contributed by atoms with Crippen LogP contribution in [0.15, 0.2) is 30.5 Å². The second-order valence-electron chi connectivity index (χ2n) is 7.88. The summed E-state index contributed by atoms with van der Waals surface area (Å²) in [6.45, 7) is 8.17. The van der Waals surface area contributed by atoms with Crippen LogP contribution in [0.3, 0.4) is 0 Å². The molecule has 0 bridgehead atoms. The number of benzene rings is 1. The molecule has 2 aromatic rings. The molecule has 10 heteroatoms. The zero-order valence-corrected chi connectivity index (χ0v) is 17.9. The van der Waals surface area contributed by atoms with Gasteiger partial charge in [0.1, 0.15) is 10.8 Å². The molecule has 3 rings (SSSR count). The molecule has 1 aromatic heterocycles. The molecule has 1 saturated heterocycles. The maximum absolute atomic E-state index is 12.2. The number of nitrogens with two attached hydrogens (primary N) is 1. The molecule has 2 amide bonds. The van der Waals surface area contributed by atoms with Crippen molar-refractivity contribution in [2.45, 2.75) is 26.4 Å². The van der Waals surface area contributed by atoms with Gasteiger partial charge in [-0.25, -0.2) is 14.8 Å². The molecule has 160 valence electrons. The lowest BCUT2D eigenvalue weighted by molar-refractivity contribution is 0.0240. The van der Waals surface area contributed by atoms with E-state index in [1.807, 2.05) is 45.0 Å². The van der Waals surface area contributed by atoms with E-state index in [0.29, 0.717) is 31.9 Å². The van der Waals surface area contributed by atoms with E-state index in [9.17, 15) is 9.59 Å². The van der Waals surface area contributed by atoms with Gasteiger partial charge in [-0.15, -0.1) is 0 Å². The minimum atomic E-state index is -0.693. The molecule has 0 atom stereocenters.